The van der Waals surface area contributed by atoms with Gasteiger partial charge in [0.05, 0.1) is 16.9 Å². The first-order valence-electron chi connectivity index (χ1n) is 7.20. The molecule has 0 bridgehead atoms. The van der Waals surface area contributed by atoms with Gasteiger partial charge in [0, 0.05) is 38.1 Å². The molecular formula is C17H18N4. The normalized spacial score (nSPS) is 14.9. The molecule has 1 saturated heterocycles. The summed E-state index contributed by atoms with van der Waals surface area (Å²) in [4.78, 5) is 8.88. The fourth-order valence-corrected chi connectivity index (χ4v) is 2.80. The van der Waals surface area contributed by atoms with Crippen molar-refractivity contribution in [1.29, 1.82) is 5.26 Å². The molecule has 2 heterocycles. The predicted molar refractivity (Wildman–Crippen MR) is 84.6 cm³/mol. The van der Waals surface area contributed by atoms with Gasteiger partial charge in [0.25, 0.3) is 0 Å². The molecule has 0 radical (unpaired) electrons. The van der Waals surface area contributed by atoms with Crippen molar-refractivity contribution in [3.05, 3.63) is 53.9 Å². The van der Waals surface area contributed by atoms with E-state index in [0.717, 1.165) is 37.6 Å². The van der Waals surface area contributed by atoms with Crippen molar-refractivity contribution in [3.63, 3.8) is 0 Å². The van der Waals surface area contributed by atoms with E-state index in [-0.39, 0.29) is 0 Å². The Hall–Kier alpha value is -2.54. The SMILES string of the molecule is Cc1nccc(N2CCN(c3ccccc3)CC2)c1C#N. The van der Waals surface area contributed by atoms with E-state index in [9.17, 15) is 5.26 Å². The smallest absolute Gasteiger partial charge is 0.103 e. The number of hydrogen-bond donors (Lipinski definition) is 0. The quantitative estimate of drug-likeness (QED) is 0.847. The van der Waals surface area contributed by atoms with Gasteiger partial charge in [-0.25, -0.2) is 0 Å². The van der Waals surface area contributed by atoms with E-state index >= 15 is 0 Å². The highest BCUT2D eigenvalue weighted by atomic mass is 15.3. The molecule has 0 aliphatic carbocycles. The van der Waals surface area contributed by atoms with Crippen molar-refractivity contribution < 1.29 is 0 Å². The van der Waals surface area contributed by atoms with Gasteiger partial charge in [0.1, 0.15) is 6.07 Å². The average Bonchev–Trinajstić information content (AvgIpc) is 2.55. The van der Waals surface area contributed by atoms with Crippen LogP contribution in [0.15, 0.2) is 42.6 Å². The number of aromatic nitrogens is 1. The molecule has 0 N–H and O–H groups in total. The number of nitriles is 1. The van der Waals surface area contributed by atoms with Crippen molar-refractivity contribution >= 4 is 11.4 Å². The standard InChI is InChI=1S/C17H18N4/c1-14-16(13-18)17(7-8-19-14)21-11-9-20(10-12-21)15-5-3-2-4-6-15/h2-8H,9-12H2,1H3. The molecule has 1 aromatic carbocycles. The minimum absolute atomic E-state index is 0.700. The third-order valence-electron chi connectivity index (χ3n) is 3.97. The van der Waals surface area contributed by atoms with Crippen LogP contribution in [0.2, 0.25) is 0 Å². The first-order valence-corrected chi connectivity index (χ1v) is 7.20. The highest BCUT2D eigenvalue weighted by Crippen LogP contribution is 2.24. The third kappa shape index (κ3) is 2.68. The predicted octanol–water partition coefficient (Wildman–Crippen LogP) is 2.59. The maximum atomic E-state index is 9.33. The second kappa shape index (κ2) is 5.84. The number of piperazine rings is 1. The molecule has 4 nitrogen and oxygen atoms in total. The van der Waals surface area contributed by atoms with E-state index in [0.29, 0.717) is 5.56 Å². The minimum atomic E-state index is 0.700. The second-order valence-electron chi connectivity index (χ2n) is 5.21. The Morgan fingerprint density at radius 3 is 2.33 bits per heavy atom. The van der Waals surface area contributed by atoms with Crippen LogP contribution in [-0.2, 0) is 0 Å². The Morgan fingerprint density at radius 1 is 1.00 bits per heavy atom. The number of aryl methyl sites for hydroxylation is 1. The Bertz CT molecular complexity index is 652. The van der Waals surface area contributed by atoms with Gasteiger partial charge < -0.3 is 9.80 Å². The summed E-state index contributed by atoms with van der Waals surface area (Å²) in [6.07, 6.45) is 1.79. The summed E-state index contributed by atoms with van der Waals surface area (Å²) in [6.45, 7) is 5.68. The summed E-state index contributed by atoms with van der Waals surface area (Å²) in [5, 5.41) is 9.33. The zero-order valence-electron chi connectivity index (χ0n) is 12.2. The monoisotopic (exact) mass is 278 g/mol. The Morgan fingerprint density at radius 2 is 1.67 bits per heavy atom. The van der Waals surface area contributed by atoms with Crippen LogP contribution < -0.4 is 9.80 Å². The largest absolute Gasteiger partial charge is 0.368 e. The lowest BCUT2D eigenvalue weighted by Gasteiger charge is -2.37. The number of hydrogen-bond acceptors (Lipinski definition) is 4. The van der Waals surface area contributed by atoms with Crippen LogP contribution in [0.5, 0.6) is 0 Å². The molecular weight excluding hydrogens is 260 g/mol. The summed E-state index contributed by atoms with van der Waals surface area (Å²) < 4.78 is 0. The summed E-state index contributed by atoms with van der Waals surface area (Å²) in [7, 11) is 0. The van der Waals surface area contributed by atoms with Gasteiger partial charge in [-0.2, -0.15) is 5.26 Å². The summed E-state index contributed by atoms with van der Waals surface area (Å²) >= 11 is 0. The first kappa shape index (κ1) is 13.4. The van der Waals surface area contributed by atoms with Crippen molar-refractivity contribution in [2.75, 3.05) is 36.0 Å². The van der Waals surface area contributed by atoms with Gasteiger partial charge in [-0.3, -0.25) is 4.98 Å². The van der Waals surface area contributed by atoms with E-state index in [1.54, 1.807) is 6.20 Å². The maximum Gasteiger partial charge on any atom is 0.103 e. The van der Waals surface area contributed by atoms with E-state index in [1.807, 2.05) is 19.1 Å². The molecule has 0 unspecified atom stereocenters. The van der Waals surface area contributed by atoms with Gasteiger partial charge in [0.15, 0.2) is 0 Å². The molecule has 1 aliphatic heterocycles. The van der Waals surface area contributed by atoms with Gasteiger partial charge in [-0.15, -0.1) is 0 Å². The van der Waals surface area contributed by atoms with Gasteiger partial charge in [-0.05, 0) is 25.1 Å². The number of nitrogens with zero attached hydrogens (tertiary/aromatic N) is 4. The molecule has 0 amide bonds. The molecule has 21 heavy (non-hydrogen) atoms. The highest BCUT2D eigenvalue weighted by Gasteiger charge is 2.20. The maximum absolute atomic E-state index is 9.33. The minimum Gasteiger partial charge on any atom is -0.368 e. The highest BCUT2D eigenvalue weighted by molar-refractivity contribution is 5.61. The van der Waals surface area contributed by atoms with Crippen molar-refractivity contribution in [2.24, 2.45) is 0 Å². The molecule has 0 atom stereocenters. The van der Waals surface area contributed by atoms with Gasteiger partial charge in [0.2, 0.25) is 0 Å². The zero-order chi connectivity index (χ0) is 14.7. The zero-order valence-corrected chi connectivity index (χ0v) is 12.2. The van der Waals surface area contributed by atoms with Crippen LogP contribution >= 0.6 is 0 Å². The average molecular weight is 278 g/mol. The van der Waals surface area contributed by atoms with Gasteiger partial charge >= 0.3 is 0 Å². The fourth-order valence-electron chi connectivity index (χ4n) is 2.80. The Balaban J connectivity index is 1.75. The van der Waals surface area contributed by atoms with Crippen LogP contribution in [0.4, 0.5) is 11.4 Å². The number of pyridine rings is 1. The van der Waals surface area contributed by atoms with Crippen molar-refractivity contribution in [2.45, 2.75) is 6.92 Å². The van der Waals surface area contributed by atoms with E-state index in [4.69, 9.17) is 0 Å². The lowest BCUT2D eigenvalue weighted by atomic mass is 10.1. The fraction of sp³-hybridized carbons (Fsp3) is 0.294. The van der Waals surface area contributed by atoms with Crippen LogP contribution in [0, 0.1) is 18.3 Å². The van der Waals surface area contributed by atoms with Crippen LogP contribution in [-0.4, -0.2) is 31.2 Å². The number of para-hydroxylation sites is 1. The van der Waals surface area contributed by atoms with E-state index in [1.165, 1.54) is 5.69 Å². The molecule has 1 aliphatic rings. The lowest BCUT2D eigenvalue weighted by molar-refractivity contribution is 0.652. The number of rotatable bonds is 2. The molecule has 0 spiro atoms. The molecule has 0 saturated carbocycles. The molecule has 1 fully saturated rings. The Labute approximate surface area is 125 Å². The van der Waals surface area contributed by atoms with Crippen LogP contribution in [0.3, 0.4) is 0 Å². The Kier molecular flexibility index (Phi) is 3.74. The van der Waals surface area contributed by atoms with Gasteiger partial charge in [-0.1, -0.05) is 18.2 Å². The van der Waals surface area contributed by atoms with Crippen LogP contribution in [0.25, 0.3) is 0 Å². The third-order valence-corrected chi connectivity index (χ3v) is 3.97. The van der Waals surface area contributed by atoms with Crippen molar-refractivity contribution in [3.8, 4) is 6.07 Å². The van der Waals surface area contributed by atoms with Crippen molar-refractivity contribution in [1.82, 2.24) is 4.98 Å². The van der Waals surface area contributed by atoms with E-state index in [2.05, 4.69) is 45.1 Å². The summed E-state index contributed by atoms with van der Waals surface area (Å²) in [5.41, 5.74) is 3.78. The lowest BCUT2D eigenvalue weighted by Crippen LogP contribution is -2.46. The van der Waals surface area contributed by atoms with E-state index < -0.39 is 0 Å². The summed E-state index contributed by atoms with van der Waals surface area (Å²) in [6, 6.07) is 14.7. The molecule has 4 heteroatoms. The van der Waals surface area contributed by atoms with Crippen LogP contribution in [0.1, 0.15) is 11.3 Å². The number of benzene rings is 1. The molecule has 106 valence electrons. The molecule has 3 rings (SSSR count). The first-order chi connectivity index (χ1) is 10.3. The molecule has 2 aromatic rings. The number of anilines is 2. The molecule has 1 aromatic heterocycles. The topological polar surface area (TPSA) is 43.2 Å². The summed E-state index contributed by atoms with van der Waals surface area (Å²) in [5.74, 6) is 0. The second-order valence-corrected chi connectivity index (χ2v) is 5.21.